The fraction of sp³-hybridized carbons (Fsp3) is 0.440. The lowest BCUT2D eigenvalue weighted by atomic mass is 9.78. The summed E-state index contributed by atoms with van der Waals surface area (Å²) in [5, 5.41) is 26.8. The van der Waals surface area contributed by atoms with Crippen LogP contribution in [0.5, 0.6) is 11.5 Å². The molecule has 0 aliphatic carbocycles. The van der Waals surface area contributed by atoms with Gasteiger partial charge in [-0.25, -0.2) is 9.07 Å². The van der Waals surface area contributed by atoms with Crippen LogP contribution in [0, 0.1) is 11.7 Å². The highest BCUT2D eigenvalue weighted by molar-refractivity contribution is 6.18. The van der Waals surface area contributed by atoms with E-state index in [1.54, 1.807) is 12.3 Å². The molecule has 3 rings (SSSR count). The fourth-order valence-electron chi connectivity index (χ4n) is 3.38. The van der Waals surface area contributed by atoms with E-state index in [4.69, 9.17) is 26.2 Å². The van der Waals surface area contributed by atoms with Gasteiger partial charge in [0, 0.05) is 17.2 Å². The average Bonchev–Trinajstić information content (AvgIpc) is 3.29. The van der Waals surface area contributed by atoms with E-state index in [1.807, 2.05) is 51.1 Å². The molecule has 2 aromatic carbocycles. The van der Waals surface area contributed by atoms with Crippen LogP contribution in [-0.2, 0) is 18.6 Å². The first kappa shape index (κ1) is 25.9. The third-order valence-corrected chi connectivity index (χ3v) is 6.13. The van der Waals surface area contributed by atoms with Crippen molar-refractivity contribution in [3.8, 4) is 11.5 Å². The van der Waals surface area contributed by atoms with Crippen LogP contribution in [0.25, 0.3) is 0 Å². The Labute approximate surface area is 204 Å². The second-order valence-electron chi connectivity index (χ2n) is 8.92. The number of nitrogens with zero attached hydrogens (tertiary/aromatic N) is 3. The Morgan fingerprint density at radius 3 is 2.41 bits per heavy atom. The van der Waals surface area contributed by atoms with Crippen molar-refractivity contribution in [2.45, 2.75) is 45.4 Å². The van der Waals surface area contributed by atoms with Gasteiger partial charge in [0.2, 0.25) is 0 Å². The van der Waals surface area contributed by atoms with E-state index in [0.29, 0.717) is 23.9 Å². The van der Waals surface area contributed by atoms with Crippen molar-refractivity contribution in [1.29, 1.82) is 0 Å². The van der Waals surface area contributed by atoms with Gasteiger partial charge in [0.25, 0.3) is 0 Å². The molecule has 7 nitrogen and oxygen atoms in total. The van der Waals surface area contributed by atoms with Crippen LogP contribution >= 0.6 is 11.6 Å². The highest BCUT2D eigenvalue weighted by atomic mass is 35.5. The molecule has 0 saturated heterocycles. The standard InChI is InChI=1S/C25H31ClFN3O4/c1-17(11-26)15-34-24-9-6-19(10-23(24)27)25(2,3)18-4-7-22(8-5-18)33-16-21(32)13-30-12-20(14-31)28-29-30/h4-10,12,17,21,31-32H,11,13-16H2,1-3H3. The van der Waals surface area contributed by atoms with Crippen LogP contribution in [0.2, 0.25) is 0 Å². The Balaban J connectivity index is 1.59. The normalized spacial score (nSPS) is 13.5. The van der Waals surface area contributed by atoms with Crippen molar-refractivity contribution in [1.82, 2.24) is 15.0 Å². The molecular formula is C25H31ClFN3O4. The highest BCUT2D eigenvalue weighted by Gasteiger charge is 2.24. The summed E-state index contributed by atoms with van der Waals surface area (Å²) in [7, 11) is 0. The number of aliphatic hydroxyl groups is 2. The topological polar surface area (TPSA) is 89.6 Å². The molecule has 0 saturated carbocycles. The van der Waals surface area contributed by atoms with Crippen LogP contribution < -0.4 is 9.47 Å². The maximum Gasteiger partial charge on any atom is 0.165 e. The number of alkyl halides is 1. The minimum atomic E-state index is -0.791. The molecule has 0 fully saturated rings. The number of benzene rings is 2. The zero-order chi connectivity index (χ0) is 24.7. The van der Waals surface area contributed by atoms with Gasteiger partial charge >= 0.3 is 0 Å². The second-order valence-corrected chi connectivity index (χ2v) is 9.23. The highest BCUT2D eigenvalue weighted by Crippen LogP contribution is 2.34. The van der Waals surface area contributed by atoms with Gasteiger partial charge in [0.1, 0.15) is 24.2 Å². The molecule has 0 amide bonds. The first-order chi connectivity index (χ1) is 16.2. The monoisotopic (exact) mass is 491 g/mol. The molecule has 2 unspecified atom stereocenters. The van der Waals surface area contributed by atoms with E-state index in [0.717, 1.165) is 11.1 Å². The van der Waals surface area contributed by atoms with Crippen LogP contribution in [0.4, 0.5) is 4.39 Å². The van der Waals surface area contributed by atoms with Crippen molar-refractivity contribution in [3.05, 3.63) is 71.3 Å². The Hall–Kier alpha value is -2.68. The van der Waals surface area contributed by atoms with Gasteiger partial charge in [-0.05, 0) is 35.4 Å². The van der Waals surface area contributed by atoms with E-state index < -0.39 is 17.3 Å². The van der Waals surface area contributed by atoms with E-state index in [-0.39, 0.29) is 31.4 Å². The van der Waals surface area contributed by atoms with Crippen LogP contribution in [-0.4, -0.2) is 50.4 Å². The smallest absolute Gasteiger partial charge is 0.165 e. The van der Waals surface area contributed by atoms with E-state index >= 15 is 0 Å². The van der Waals surface area contributed by atoms with Crippen LogP contribution in [0.3, 0.4) is 0 Å². The molecule has 1 aromatic heterocycles. The predicted molar refractivity (Wildman–Crippen MR) is 128 cm³/mol. The number of halogens is 2. The first-order valence-electron chi connectivity index (χ1n) is 11.1. The molecule has 1 heterocycles. The lowest BCUT2D eigenvalue weighted by Crippen LogP contribution is -2.24. The summed E-state index contributed by atoms with van der Waals surface area (Å²) in [6, 6.07) is 12.5. The molecule has 3 aromatic rings. The van der Waals surface area contributed by atoms with Gasteiger partial charge in [0.15, 0.2) is 11.6 Å². The Morgan fingerprint density at radius 1 is 1.09 bits per heavy atom. The maximum atomic E-state index is 14.6. The van der Waals surface area contributed by atoms with Gasteiger partial charge in [-0.3, -0.25) is 0 Å². The molecule has 34 heavy (non-hydrogen) atoms. The van der Waals surface area contributed by atoms with Gasteiger partial charge in [0.05, 0.1) is 26.0 Å². The summed E-state index contributed by atoms with van der Waals surface area (Å²) >= 11 is 5.79. The zero-order valence-electron chi connectivity index (χ0n) is 19.6. The van der Waals surface area contributed by atoms with Gasteiger partial charge in [-0.1, -0.05) is 44.2 Å². The molecule has 9 heteroatoms. The molecule has 0 radical (unpaired) electrons. The van der Waals surface area contributed by atoms with E-state index in [1.165, 1.54) is 10.7 Å². The molecule has 2 atom stereocenters. The summed E-state index contributed by atoms with van der Waals surface area (Å²) in [5.41, 5.74) is 1.80. The average molecular weight is 492 g/mol. The Kier molecular flexibility index (Phi) is 8.88. The van der Waals surface area contributed by atoms with Crippen molar-refractivity contribution in [2.24, 2.45) is 5.92 Å². The summed E-state index contributed by atoms with van der Waals surface area (Å²) in [5.74, 6) is 1.02. The fourth-order valence-corrected chi connectivity index (χ4v) is 3.47. The van der Waals surface area contributed by atoms with Crippen molar-refractivity contribution in [3.63, 3.8) is 0 Å². The quantitative estimate of drug-likeness (QED) is 0.373. The summed E-state index contributed by atoms with van der Waals surface area (Å²) in [6.45, 7) is 6.43. The number of aliphatic hydroxyl groups excluding tert-OH is 2. The predicted octanol–water partition coefficient (Wildman–Crippen LogP) is 3.93. The first-order valence-corrected chi connectivity index (χ1v) is 11.7. The minimum absolute atomic E-state index is 0.0755. The Bertz CT molecular complexity index is 1060. The molecule has 184 valence electrons. The van der Waals surface area contributed by atoms with Crippen molar-refractivity contribution >= 4 is 11.6 Å². The largest absolute Gasteiger partial charge is 0.491 e. The van der Waals surface area contributed by atoms with E-state index in [2.05, 4.69) is 10.3 Å². The Morgan fingerprint density at radius 2 is 1.79 bits per heavy atom. The number of ether oxygens (including phenoxy) is 2. The van der Waals surface area contributed by atoms with Crippen molar-refractivity contribution < 1.29 is 24.1 Å². The molecule has 0 aliphatic heterocycles. The lowest BCUT2D eigenvalue weighted by Gasteiger charge is -2.27. The molecular weight excluding hydrogens is 461 g/mol. The third kappa shape index (κ3) is 6.68. The van der Waals surface area contributed by atoms with Gasteiger partial charge in [-0.2, -0.15) is 0 Å². The minimum Gasteiger partial charge on any atom is -0.491 e. The summed E-state index contributed by atoms with van der Waals surface area (Å²) in [6.07, 6.45) is 0.780. The molecule has 0 bridgehead atoms. The molecule has 0 spiro atoms. The van der Waals surface area contributed by atoms with E-state index in [9.17, 15) is 9.50 Å². The zero-order valence-corrected chi connectivity index (χ0v) is 20.4. The third-order valence-electron chi connectivity index (χ3n) is 5.60. The molecule has 2 N–H and O–H groups in total. The van der Waals surface area contributed by atoms with Crippen molar-refractivity contribution in [2.75, 3.05) is 19.1 Å². The SMILES string of the molecule is CC(CCl)COc1ccc(C(C)(C)c2ccc(OCC(O)Cn3cc(CO)nn3)cc2)cc1F. The number of rotatable bonds is 12. The van der Waals surface area contributed by atoms with Gasteiger partial charge in [-0.15, -0.1) is 16.7 Å². The number of aromatic nitrogens is 3. The number of hydrogen-bond donors (Lipinski definition) is 2. The lowest BCUT2D eigenvalue weighted by molar-refractivity contribution is 0.0888. The summed E-state index contributed by atoms with van der Waals surface area (Å²) < 4.78 is 27.3. The van der Waals surface area contributed by atoms with Gasteiger partial charge < -0.3 is 19.7 Å². The van der Waals surface area contributed by atoms with Crippen LogP contribution in [0.1, 0.15) is 37.6 Å². The maximum absolute atomic E-state index is 14.6. The molecule has 0 aliphatic rings. The summed E-state index contributed by atoms with van der Waals surface area (Å²) in [4.78, 5) is 0. The second kappa shape index (κ2) is 11.6. The number of hydrogen-bond acceptors (Lipinski definition) is 6. The van der Waals surface area contributed by atoms with Crippen LogP contribution in [0.15, 0.2) is 48.7 Å².